The monoisotopic (exact) mass is 413 g/mol. The van der Waals surface area contributed by atoms with Gasteiger partial charge in [0, 0.05) is 11.7 Å². The van der Waals surface area contributed by atoms with Crippen LogP contribution in [-0.2, 0) is 5.41 Å². The minimum Gasteiger partial charge on any atom is -0.406 e. The second-order valence-corrected chi connectivity index (χ2v) is 8.39. The molecule has 0 amide bonds. The molecule has 0 saturated carbocycles. The molecule has 1 unspecified atom stereocenters. The maximum atomic E-state index is 12.3. The van der Waals surface area contributed by atoms with Crippen LogP contribution in [0.5, 0.6) is 5.75 Å². The predicted octanol–water partition coefficient (Wildman–Crippen LogP) is 7.72. The summed E-state index contributed by atoms with van der Waals surface area (Å²) in [6.45, 7) is 8.70. The highest BCUT2D eigenvalue weighted by Crippen LogP contribution is 2.29. The van der Waals surface area contributed by atoms with Gasteiger partial charge >= 0.3 is 6.36 Å². The quantitative estimate of drug-likeness (QED) is 0.462. The van der Waals surface area contributed by atoms with Gasteiger partial charge in [-0.05, 0) is 58.9 Å². The minimum absolute atomic E-state index is 0.127. The van der Waals surface area contributed by atoms with Crippen molar-refractivity contribution in [2.75, 3.05) is 5.32 Å². The third-order valence-electron chi connectivity index (χ3n) is 4.97. The van der Waals surface area contributed by atoms with E-state index < -0.39 is 6.36 Å². The molecule has 2 nitrogen and oxygen atoms in total. The topological polar surface area (TPSA) is 21.3 Å². The van der Waals surface area contributed by atoms with E-state index in [4.69, 9.17) is 0 Å². The zero-order chi connectivity index (χ0) is 21.9. The Bertz CT molecular complexity index is 954. The fourth-order valence-electron chi connectivity index (χ4n) is 3.21. The normalized spacial score (nSPS) is 13.0. The van der Waals surface area contributed by atoms with Gasteiger partial charge in [0.05, 0.1) is 0 Å². The lowest BCUT2D eigenvalue weighted by molar-refractivity contribution is -0.274. The molecule has 3 aromatic rings. The highest BCUT2D eigenvalue weighted by atomic mass is 19.4. The second-order valence-electron chi connectivity index (χ2n) is 8.39. The third-order valence-corrected chi connectivity index (χ3v) is 4.97. The van der Waals surface area contributed by atoms with Crippen molar-refractivity contribution in [3.8, 4) is 16.9 Å². The molecule has 158 valence electrons. The molecule has 5 heteroatoms. The van der Waals surface area contributed by atoms with Gasteiger partial charge in [-0.3, -0.25) is 0 Å². The van der Waals surface area contributed by atoms with Crippen LogP contribution in [-0.4, -0.2) is 6.36 Å². The van der Waals surface area contributed by atoms with Crippen molar-refractivity contribution in [3.05, 3.63) is 83.9 Å². The Morgan fingerprint density at radius 2 is 1.23 bits per heavy atom. The number of alkyl halides is 3. The fourth-order valence-corrected chi connectivity index (χ4v) is 3.21. The Labute approximate surface area is 175 Å². The van der Waals surface area contributed by atoms with Crippen molar-refractivity contribution < 1.29 is 17.9 Å². The summed E-state index contributed by atoms with van der Waals surface area (Å²) in [5, 5.41) is 3.48. The molecule has 0 radical (unpaired) electrons. The molecule has 0 aromatic heterocycles. The summed E-state index contributed by atoms with van der Waals surface area (Å²) in [4.78, 5) is 0. The van der Waals surface area contributed by atoms with E-state index in [0.717, 1.165) is 16.8 Å². The van der Waals surface area contributed by atoms with E-state index in [9.17, 15) is 13.2 Å². The molecule has 0 bridgehead atoms. The van der Waals surface area contributed by atoms with Gasteiger partial charge < -0.3 is 10.1 Å². The van der Waals surface area contributed by atoms with Crippen molar-refractivity contribution in [2.45, 2.75) is 45.5 Å². The van der Waals surface area contributed by atoms with Gasteiger partial charge in [0.2, 0.25) is 0 Å². The first-order chi connectivity index (χ1) is 14.0. The maximum Gasteiger partial charge on any atom is 0.573 e. The number of ether oxygens (including phenoxy) is 1. The predicted molar refractivity (Wildman–Crippen MR) is 116 cm³/mol. The fraction of sp³-hybridized carbons (Fsp3) is 0.280. The number of halogens is 3. The van der Waals surface area contributed by atoms with Crippen LogP contribution in [0.3, 0.4) is 0 Å². The molecule has 0 saturated heterocycles. The molecule has 30 heavy (non-hydrogen) atoms. The molecule has 1 atom stereocenters. The highest BCUT2D eigenvalue weighted by molar-refractivity contribution is 5.66. The Hall–Kier alpha value is -2.95. The Kier molecular flexibility index (Phi) is 6.11. The number of benzene rings is 3. The van der Waals surface area contributed by atoms with Crippen molar-refractivity contribution >= 4 is 5.69 Å². The van der Waals surface area contributed by atoms with Crippen LogP contribution in [0.2, 0.25) is 0 Å². The van der Waals surface area contributed by atoms with Crippen LogP contribution in [0.4, 0.5) is 18.9 Å². The lowest BCUT2D eigenvalue weighted by Crippen LogP contribution is -2.16. The smallest absolute Gasteiger partial charge is 0.406 e. The van der Waals surface area contributed by atoms with Gasteiger partial charge in [-0.25, -0.2) is 0 Å². The Morgan fingerprint density at radius 1 is 0.733 bits per heavy atom. The van der Waals surface area contributed by atoms with Gasteiger partial charge in [0.15, 0.2) is 0 Å². The van der Waals surface area contributed by atoms with Crippen LogP contribution in [0.1, 0.15) is 44.9 Å². The number of hydrogen-bond donors (Lipinski definition) is 1. The molecule has 0 fully saturated rings. The number of anilines is 1. The molecule has 0 aliphatic carbocycles. The first-order valence-corrected chi connectivity index (χ1v) is 9.84. The van der Waals surface area contributed by atoms with E-state index in [2.05, 4.69) is 62.0 Å². The molecule has 3 aromatic carbocycles. The zero-order valence-electron chi connectivity index (χ0n) is 17.5. The lowest BCUT2D eigenvalue weighted by Gasteiger charge is -2.21. The van der Waals surface area contributed by atoms with E-state index in [1.165, 1.54) is 23.3 Å². The number of rotatable bonds is 5. The molecular weight excluding hydrogens is 387 g/mol. The SMILES string of the molecule is CC(Nc1ccc(-c2ccc(OC(F)(F)F)cc2)cc1)c1ccc(C(C)(C)C)cc1. The zero-order valence-corrected chi connectivity index (χ0v) is 17.5. The van der Waals surface area contributed by atoms with E-state index in [1.807, 2.05) is 24.3 Å². The first-order valence-electron chi connectivity index (χ1n) is 9.84. The third kappa shape index (κ3) is 5.78. The Balaban J connectivity index is 1.65. The van der Waals surface area contributed by atoms with E-state index >= 15 is 0 Å². The molecule has 1 N–H and O–H groups in total. The molecular formula is C25H26F3NO. The van der Waals surface area contributed by atoms with Crippen molar-refractivity contribution in [1.29, 1.82) is 0 Å². The van der Waals surface area contributed by atoms with Crippen molar-refractivity contribution in [3.63, 3.8) is 0 Å². The minimum atomic E-state index is -4.68. The van der Waals surface area contributed by atoms with Gasteiger partial charge in [0.1, 0.15) is 5.75 Å². The van der Waals surface area contributed by atoms with Crippen LogP contribution >= 0.6 is 0 Å². The van der Waals surface area contributed by atoms with Gasteiger partial charge in [-0.2, -0.15) is 0 Å². The largest absolute Gasteiger partial charge is 0.573 e. The van der Waals surface area contributed by atoms with Gasteiger partial charge in [0.25, 0.3) is 0 Å². The van der Waals surface area contributed by atoms with Crippen LogP contribution in [0, 0.1) is 0 Å². The van der Waals surface area contributed by atoms with Crippen molar-refractivity contribution in [1.82, 2.24) is 0 Å². The van der Waals surface area contributed by atoms with Gasteiger partial charge in [-0.15, -0.1) is 13.2 Å². The van der Waals surface area contributed by atoms with Crippen LogP contribution in [0.15, 0.2) is 72.8 Å². The summed E-state index contributed by atoms with van der Waals surface area (Å²) < 4.78 is 40.7. The summed E-state index contributed by atoms with van der Waals surface area (Å²) in [6.07, 6.45) is -4.68. The van der Waals surface area contributed by atoms with E-state index in [-0.39, 0.29) is 17.2 Å². The van der Waals surface area contributed by atoms with E-state index in [1.54, 1.807) is 12.1 Å². The molecule has 0 aliphatic heterocycles. The summed E-state index contributed by atoms with van der Waals surface area (Å²) in [6, 6.07) is 22.5. The lowest BCUT2D eigenvalue weighted by atomic mass is 9.86. The van der Waals surface area contributed by atoms with E-state index in [0.29, 0.717) is 0 Å². The second kappa shape index (κ2) is 8.42. The number of nitrogens with one attached hydrogen (secondary N) is 1. The molecule has 0 heterocycles. The average molecular weight is 413 g/mol. The molecule has 3 rings (SSSR count). The maximum absolute atomic E-state index is 12.3. The highest BCUT2D eigenvalue weighted by Gasteiger charge is 2.30. The molecule has 0 spiro atoms. The average Bonchev–Trinajstić information content (AvgIpc) is 2.67. The Morgan fingerprint density at radius 3 is 1.70 bits per heavy atom. The molecule has 0 aliphatic rings. The first kappa shape index (κ1) is 21.8. The van der Waals surface area contributed by atoms with Crippen molar-refractivity contribution in [2.24, 2.45) is 0 Å². The standard InChI is InChI=1S/C25H26F3NO/c1-17(18-5-11-21(12-6-18)24(2,3)4)29-22-13-7-19(8-14-22)20-9-15-23(16-10-20)30-25(26,27)28/h5-17,29H,1-4H3. The summed E-state index contributed by atoms with van der Waals surface area (Å²) in [7, 11) is 0. The van der Waals surface area contributed by atoms with Gasteiger partial charge in [-0.1, -0.05) is 69.3 Å². The number of hydrogen-bond acceptors (Lipinski definition) is 2. The van der Waals surface area contributed by atoms with Crippen LogP contribution < -0.4 is 10.1 Å². The summed E-state index contributed by atoms with van der Waals surface area (Å²) >= 11 is 0. The summed E-state index contributed by atoms with van der Waals surface area (Å²) in [5.74, 6) is -0.226. The van der Waals surface area contributed by atoms with Crippen LogP contribution in [0.25, 0.3) is 11.1 Å². The summed E-state index contributed by atoms with van der Waals surface area (Å²) in [5.41, 5.74) is 5.34.